The number of nitrogens with one attached hydrogen (secondary N) is 2. The van der Waals surface area contributed by atoms with Crippen LogP contribution in [0.5, 0.6) is 0 Å². The lowest BCUT2D eigenvalue weighted by Gasteiger charge is -2.09. The highest BCUT2D eigenvalue weighted by Crippen LogP contribution is 2.23. The van der Waals surface area contributed by atoms with E-state index in [4.69, 9.17) is 0 Å². The molecule has 2 heterocycles. The van der Waals surface area contributed by atoms with Crippen LogP contribution in [-0.4, -0.2) is 32.5 Å². The van der Waals surface area contributed by atoms with E-state index in [9.17, 15) is 10.1 Å². The zero-order chi connectivity index (χ0) is 15.1. The second-order valence-electron chi connectivity index (χ2n) is 4.48. The van der Waals surface area contributed by atoms with Crippen molar-refractivity contribution in [1.82, 2.24) is 14.5 Å². The molecule has 8 nitrogen and oxygen atoms in total. The maximum atomic E-state index is 11.0. The van der Waals surface area contributed by atoms with Gasteiger partial charge in [0.25, 0.3) is 0 Å². The molecule has 0 amide bonds. The predicted molar refractivity (Wildman–Crippen MR) is 80.4 cm³/mol. The zero-order valence-corrected chi connectivity index (χ0v) is 11.8. The first-order valence-electron chi connectivity index (χ1n) is 6.79. The molecule has 0 radical (unpaired) electrons. The van der Waals surface area contributed by atoms with E-state index in [2.05, 4.69) is 20.6 Å². The summed E-state index contributed by atoms with van der Waals surface area (Å²) in [6.07, 6.45) is 6.18. The Morgan fingerprint density at radius 3 is 2.86 bits per heavy atom. The molecular formula is C13H18N6O2. The van der Waals surface area contributed by atoms with Gasteiger partial charge in [-0.05, 0) is 12.5 Å². The van der Waals surface area contributed by atoms with Gasteiger partial charge >= 0.3 is 5.69 Å². The van der Waals surface area contributed by atoms with E-state index >= 15 is 0 Å². The Bertz CT molecular complexity index is 584. The first-order chi connectivity index (χ1) is 10.2. The lowest BCUT2D eigenvalue weighted by molar-refractivity contribution is -0.384. The normalized spacial score (nSPS) is 10.3. The van der Waals surface area contributed by atoms with Crippen molar-refractivity contribution < 1.29 is 4.92 Å². The van der Waals surface area contributed by atoms with Gasteiger partial charge in [-0.2, -0.15) is 0 Å². The molecule has 8 heteroatoms. The average Bonchev–Trinajstić information content (AvgIpc) is 2.98. The minimum absolute atomic E-state index is 0.0253. The molecule has 0 aromatic carbocycles. The van der Waals surface area contributed by atoms with E-state index in [0.717, 1.165) is 13.0 Å². The minimum atomic E-state index is -0.434. The number of nitro groups is 1. The van der Waals surface area contributed by atoms with Crippen LogP contribution in [0.25, 0.3) is 0 Å². The van der Waals surface area contributed by atoms with Crippen LogP contribution in [0.4, 0.5) is 17.3 Å². The van der Waals surface area contributed by atoms with Crippen LogP contribution in [0.3, 0.4) is 0 Å². The largest absolute Gasteiger partial charge is 0.370 e. The van der Waals surface area contributed by atoms with Gasteiger partial charge in [0.05, 0.1) is 11.3 Å². The number of aromatic nitrogens is 3. The van der Waals surface area contributed by atoms with Crippen molar-refractivity contribution in [3.05, 3.63) is 41.0 Å². The standard InChI is InChI=1S/C13H18N6O2/c1-2-5-15-12-4-3-11(19(20)21)13(17-12)16-7-9-18-8-6-14-10-18/h3-4,6,8,10H,2,5,7,9H2,1H3,(H2,15,16,17). The van der Waals surface area contributed by atoms with Gasteiger partial charge in [0.15, 0.2) is 0 Å². The molecule has 0 aliphatic rings. The number of anilines is 2. The fraction of sp³-hybridized carbons (Fsp3) is 0.385. The summed E-state index contributed by atoms with van der Waals surface area (Å²) >= 11 is 0. The van der Waals surface area contributed by atoms with E-state index < -0.39 is 4.92 Å². The molecule has 0 aliphatic heterocycles. The number of pyridine rings is 1. The molecule has 0 aliphatic carbocycles. The van der Waals surface area contributed by atoms with Gasteiger partial charge in [-0.15, -0.1) is 0 Å². The van der Waals surface area contributed by atoms with Crippen molar-refractivity contribution in [2.24, 2.45) is 0 Å². The highest BCUT2D eigenvalue weighted by atomic mass is 16.6. The van der Waals surface area contributed by atoms with E-state index in [1.807, 2.05) is 17.7 Å². The predicted octanol–water partition coefficient (Wildman–Crippen LogP) is 2.12. The van der Waals surface area contributed by atoms with Crippen molar-refractivity contribution in [2.75, 3.05) is 23.7 Å². The molecule has 0 fully saturated rings. The van der Waals surface area contributed by atoms with Crippen LogP contribution in [-0.2, 0) is 6.54 Å². The maximum Gasteiger partial charge on any atom is 0.311 e. The van der Waals surface area contributed by atoms with Crippen LogP contribution in [0.2, 0.25) is 0 Å². The summed E-state index contributed by atoms with van der Waals surface area (Å²) in [6.45, 7) is 4.01. The van der Waals surface area contributed by atoms with Gasteiger partial charge < -0.3 is 15.2 Å². The second-order valence-corrected chi connectivity index (χ2v) is 4.48. The summed E-state index contributed by atoms with van der Waals surface area (Å²) in [5.41, 5.74) is -0.0253. The van der Waals surface area contributed by atoms with Crippen molar-refractivity contribution in [2.45, 2.75) is 19.9 Å². The first-order valence-corrected chi connectivity index (χ1v) is 6.79. The lowest BCUT2D eigenvalue weighted by Crippen LogP contribution is -2.12. The molecular weight excluding hydrogens is 272 g/mol. The number of nitrogens with zero attached hydrogens (tertiary/aromatic N) is 4. The zero-order valence-electron chi connectivity index (χ0n) is 11.8. The van der Waals surface area contributed by atoms with Gasteiger partial charge in [-0.1, -0.05) is 6.92 Å². The molecule has 2 N–H and O–H groups in total. The van der Waals surface area contributed by atoms with E-state index in [0.29, 0.717) is 18.9 Å². The minimum Gasteiger partial charge on any atom is -0.370 e. The fourth-order valence-corrected chi connectivity index (χ4v) is 1.80. The van der Waals surface area contributed by atoms with Crippen molar-refractivity contribution in [3.8, 4) is 0 Å². The Morgan fingerprint density at radius 1 is 1.33 bits per heavy atom. The smallest absolute Gasteiger partial charge is 0.311 e. The summed E-state index contributed by atoms with van der Waals surface area (Å²) in [5.74, 6) is 0.911. The summed E-state index contributed by atoms with van der Waals surface area (Å²) in [6, 6.07) is 3.08. The quantitative estimate of drug-likeness (QED) is 0.571. The van der Waals surface area contributed by atoms with Gasteiger partial charge in [0.2, 0.25) is 5.82 Å². The number of hydrogen-bond donors (Lipinski definition) is 2. The first kappa shape index (κ1) is 14.8. The van der Waals surface area contributed by atoms with Crippen molar-refractivity contribution in [1.29, 1.82) is 0 Å². The summed E-state index contributed by atoms with van der Waals surface area (Å²) in [4.78, 5) is 18.8. The third-order valence-electron chi connectivity index (χ3n) is 2.85. The molecule has 0 spiro atoms. The Kier molecular flexibility index (Phi) is 5.08. The molecule has 2 aromatic heterocycles. The van der Waals surface area contributed by atoms with Crippen LogP contribution < -0.4 is 10.6 Å². The molecule has 0 bridgehead atoms. The molecule has 0 unspecified atom stereocenters. The topological polar surface area (TPSA) is 97.9 Å². The van der Waals surface area contributed by atoms with Gasteiger partial charge in [-0.3, -0.25) is 10.1 Å². The van der Waals surface area contributed by atoms with Crippen molar-refractivity contribution >= 4 is 17.3 Å². The SMILES string of the molecule is CCCNc1ccc([N+](=O)[O-])c(NCCn2ccnc2)n1. The number of rotatable bonds is 8. The maximum absolute atomic E-state index is 11.0. The third-order valence-corrected chi connectivity index (χ3v) is 2.85. The molecule has 2 aromatic rings. The average molecular weight is 290 g/mol. The van der Waals surface area contributed by atoms with Crippen LogP contribution >= 0.6 is 0 Å². The van der Waals surface area contributed by atoms with Crippen LogP contribution in [0.15, 0.2) is 30.9 Å². The summed E-state index contributed by atoms with van der Waals surface area (Å²) in [5, 5.41) is 17.2. The highest BCUT2D eigenvalue weighted by Gasteiger charge is 2.15. The van der Waals surface area contributed by atoms with Crippen LogP contribution in [0, 0.1) is 10.1 Å². The molecule has 0 saturated carbocycles. The molecule has 0 atom stereocenters. The Labute approximate surface area is 122 Å². The lowest BCUT2D eigenvalue weighted by atomic mass is 10.3. The van der Waals surface area contributed by atoms with E-state index in [-0.39, 0.29) is 11.5 Å². The molecule has 112 valence electrons. The summed E-state index contributed by atoms with van der Waals surface area (Å²) in [7, 11) is 0. The van der Waals surface area contributed by atoms with Gasteiger partial charge in [0, 0.05) is 38.1 Å². The van der Waals surface area contributed by atoms with Gasteiger partial charge in [-0.25, -0.2) is 9.97 Å². The van der Waals surface area contributed by atoms with Crippen molar-refractivity contribution in [3.63, 3.8) is 0 Å². The Morgan fingerprint density at radius 2 is 2.19 bits per heavy atom. The highest BCUT2D eigenvalue weighted by molar-refractivity contribution is 5.60. The summed E-state index contributed by atoms with van der Waals surface area (Å²) < 4.78 is 1.89. The number of imidazole rings is 1. The number of hydrogen-bond acceptors (Lipinski definition) is 6. The third kappa shape index (κ3) is 4.16. The molecule has 0 saturated heterocycles. The Hall–Kier alpha value is -2.64. The molecule has 21 heavy (non-hydrogen) atoms. The fourth-order valence-electron chi connectivity index (χ4n) is 1.80. The van der Waals surface area contributed by atoms with Crippen LogP contribution in [0.1, 0.15) is 13.3 Å². The Balaban J connectivity index is 2.04. The van der Waals surface area contributed by atoms with E-state index in [1.54, 1.807) is 18.6 Å². The second kappa shape index (κ2) is 7.22. The van der Waals surface area contributed by atoms with Gasteiger partial charge in [0.1, 0.15) is 5.82 Å². The van der Waals surface area contributed by atoms with E-state index in [1.165, 1.54) is 6.07 Å². The monoisotopic (exact) mass is 290 g/mol. The molecule has 2 rings (SSSR count).